The first-order chi connectivity index (χ1) is 7.70. The van der Waals surface area contributed by atoms with Gasteiger partial charge in [0.2, 0.25) is 0 Å². The molecule has 1 aliphatic rings. The molecule has 0 aromatic carbocycles. The van der Waals surface area contributed by atoms with Gasteiger partial charge in [0.25, 0.3) is 0 Å². The minimum Gasteiger partial charge on any atom is -0.395 e. The Balaban J connectivity index is 1.95. The highest BCUT2D eigenvalue weighted by atomic mass is 16.3. The lowest BCUT2D eigenvalue weighted by Gasteiger charge is -2.19. The smallest absolute Gasteiger partial charge is 0.0558 e. The Bertz CT molecular complexity index is 331. The van der Waals surface area contributed by atoms with Gasteiger partial charge in [-0.15, -0.1) is 0 Å². The van der Waals surface area contributed by atoms with E-state index in [0.717, 1.165) is 13.1 Å². The van der Waals surface area contributed by atoms with E-state index in [9.17, 15) is 0 Å². The Morgan fingerprint density at radius 3 is 2.81 bits per heavy atom. The SMILES string of the molecule is CC(C)n1cc(CN(CCO)C2CC2)cn1. The van der Waals surface area contributed by atoms with Gasteiger partial charge < -0.3 is 5.11 Å². The summed E-state index contributed by atoms with van der Waals surface area (Å²) in [5, 5.41) is 13.4. The predicted octanol–water partition coefficient (Wildman–Crippen LogP) is 1.42. The summed E-state index contributed by atoms with van der Waals surface area (Å²) in [6.07, 6.45) is 6.60. The van der Waals surface area contributed by atoms with Crippen LogP contribution in [0.15, 0.2) is 12.4 Å². The van der Waals surface area contributed by atoms with Crippen molar-refractivity contribution < 1.29 is 5.11 Å². The molecule has 1 saturated carbocycles. The summed E-state index contributed by atoms with van der Waals surface area (Å²) in [4.78, 5) is 2.35. The Hall–Kier alpha value is -0.870. The van der Waals surface area contributed by atoms with Crippen LogP contribution < -0.4 is 0 Å². The zero-order chi connectivity index (χ0) is 11.5. The number of aliphatic hydroxyl groups is 1. The molecule has 0 radical (unpaired) electrons. The van der Waals surface area contributed by atoms with Crippen LogP contribution >= 0.6 is 0 Å². The molecule has 16 heavy (non-hydrogen) atoms. The molecule has 90 valence electrons. The molecule has 0 spiro atoms. The van der Waals surface area contributed by atoms with Crippen molar-refractivity contribution >= 4 is 0 Å². The van der Waals surface area contributed by atoms with Crippen molar-refractivity contribution in [3.63, 3.8) is 0 Å². The van der Waals surface area contributed by atoms with E-state index < -0.39 is 0 Å². The van der Waals surface area contributed by atoms with Crippen molar-refractivity contribution in [1.29, 1.82) is 0 Å². The second-order valence-electron chi connectivity index (χ2n) is 4.85. The van der Waals surface area contributed by atoms with E-state index in [1.807, 2.05) is 10.9 Å². The Morgan fingerprint density at radius 2 is 2.31 bits per heavy atom. The molecule has 0 saturated heterocycles. The summed E-state index contributed by atoms with van der Waals surface area (Å²) in [7, 11) is 0. The van der Waals surface area contributed by atoms with Crippen LogP contribution in [0.2, 0.25) is 0 Å². The molecule has 4 heteroatoms. The standard InChI is InChI=1S/C12H21N3O/c1-10(2)15-9-11(7-13-15)8-14(5-6-16)12-3-4-12/h7,9-10,12,16H,3-6,8H2,1-2H3. The predicted molar refractivity (Wildman–Crippen MR) is 63.1 cm³/mol. The third-order valence-corrected chi connectivity index (χ3v) is 3.02. The number of hydrogen-bond acceptors (Lipinski definition) is 3. The summed E-state index contributed by atoms with van der Waals surface area (Å²) in [5.74, 6) is 0. The molecule has 0 bridgehead atoms. The van der Waals surface area contributed by atoms with E-state index in [1.54, 1.807) is 0 Å². The number of aromatic nitrogens is 2. The van der Waals surface area contributed by atoms with E-state index in [4.69, 9.17) is 5.11 Å². The van der Waals surface area contributed by atoms with E-state index in [1.165, 1.54) is 18.4 Å². The van der Waals surface area contributed by atoms with Gasteiger partial charge >= 0.3 is 0 Å². The van der Waals surface area contributed by atoms with Crippen LogP contribution in [-0.2, 0) is 6.54 Å². The van der Waals surface area contributed by atoms with E-state index in [2.05, 4.69) is 30.0 Å². The molecule has 0 aliphatic heterocycles. The molecule has 1 heterocycles. The molecule has 1 N–H and O–H groups in total. The van der Waals surface area contributed by atoms with Gasteiger partial charge in [-0.25, -0.2) is 0 Å². The fraction of sp³-hybridized carbons (Fsp3) is 0.750. The van der Waals surface area contributed by atoms with Crippen molar-refractivity contribution in [2.75, 3.05) is 13.2 Å². The fourth-order valence-electron chi connectivity index (χ4n) is 1.93. The highest BCUT2D eigenvalue weighted by molar-refractivity contribution is 5.05. The molecule has 2 rings (SSSR count). The van der Waals surface area contributed by atoms with Crippen molar-refractivity contribution in [1.82, 2.24) is 14.7 Å². The van der Waals surface area contributed by atoms with E-state index in [-0.39, 0.29) is 6.61 Å². The third-order valence-electron chi connectivity index (χ3n) is 3.02. The average Bonchev–Trinajstić information content (AvgIpc) is 2.98. The number of aliphatic hydroxyl groups excluding tert-OH is 1. The van der Waals surface area contributed by atoms with Crippen LogP contribution in [0.3, 0.4) is 0 Å². The molecular formula is C12H21N3O. The van der Waals surface area contributed by atoms with Crippen molar-refractivity contribution in [2.24, 2.45) is 0 Å². The molecule has 1 aliphatic carbocycles. The maximum atomic E-state index is 9.02. The molecule has 0 amide bonds. The molecule has 1 aromatic rings. The lowest BCUT2D eigenvalue weighted by atomic mass is 10.3. The van der Waals surface area contributed by atoms with Crippen LogP contribution in [0.4, 0.5) is 0 Å². The lowest BCUT2D eigenvalue weighted by molar-refractivity contribution is 0.183. The summed E-state index contributed by atoms with van der Waals surface area (Å²) >= 11 is 0. The molecule has 0 unspecified atom stereocenters. The second kappa shape index (κ2) is 4.97. The maximum Gasteiger partial charge on any atom is 0.0558 e. The van der Waals surface area contributed by atoms with Crippen LogP contribution in [-0.4, -0.2) is 39.0 Å². The quantitative estimate of drug-likeness (QED) is 0.793. The monoisotopic (exact) mass is 223 g/mol. The lowest BCUT2D eigenvalue weighted by Crippen LogP contribution is -2.28. The maximum absolute atomic E-state index is 9.02. The minimum absolute atomic E-state index is 0.245. The molecular weight excluding hydrogens is 202 g/mol. The van der Waals surface area contributed by atoms with E-state index >= 15 is 0 Å². The Labute approximate surface area is 96.9 Å². The number of nitrogens with zero attached hydrogens (tertiary/aromatic N) is 3. The molecule has 0 atom stereocenters. The largest absolute Gasteiger partial charge is 0.395 e. The van der Waals surface area contributed by atoms with Gasteiger partial charge in [-0.2, -0.15) is 5.10 Å². The highest BCUT2D eigenvalue weighted by Crippen LogP contribution is 2.27. The molecule has 1 aromatic heterocycles. The van der Waals surface area contributed by atoms with Crippen LogP contribution in [0.25, 0.3) is 0 Å². The average molecular weight is 223 g/mol. The van der Waals surface area contributed by atoms with Crippen molar-refractivity contribution in [3.8, 4) is 0 Å². The summed E-state index contributed by atoms with van der Waals surface area (Å²) in [6.45, 7) is 6.19. The van der Waals surface area contributed by atoms with Crippen LogP contribution in [0.1, 0.15) is 38.3 Å². The van der Waals surface area contributed by atoms with Crippen LogP contribution in [0, 0.1) is 0 Å². The normalized spacial score (nSPS) is 16.3. The second-order valence-corrected chi connectivity index (χ2v) is 4.85. The molecule has 1 fully saturated rings. The van der Waals surface area contributed by atoms with Gasteiger partial charge in [-0.3, -0.25) is 9.58 Å². The summed E-state index contributed by atoms with van der Waals surface area (Å²) in [5.41, 5.74) is 1.24. The van der Waals surface area contributed by atoms with Crippen LogP contribution in [0.5, 0.6) is 0 Å². The van der Waals surface area contributed by atoms with Crippen molar-refractivity contribution in [3.05, 3.63) is 18.0 Å². The minimum atomic E-state index is 0.245. The van der Waals surface area contributed by atoms with Crippen molar-refractivity contribution in [2.45, 2.75) is 45.3 Å². The first-order valence-electron chi connectivity index (χ1n) is 6.08. The number of rotatable bonds is 6. The van der Waals surface area contributed by atoms with Gasteiger partial charge in [0.15, 0.2) is 0 Å². The summed E-state index contributed by atoms with van der Waals surface area (Å²) in [6, 6.07) is 1.11. The first kappa shape index (κ1) is 11.6. The fourth-order valence-corrected chi connectivity index (χ4v) is 1.93. The summed E-state index contributed by atoms with van der Waals surface area (Å²) < 4.78 is 1.99. The van der Waals surface area contributed by atoms with Gasteiger partial charge in [-0.1, -0.05) is 0 Å². The van der Waals surface area contributed by atoms with Gasteiger partial charge in [0.1, 0.15) is 0 Å². The Morgan fingerprint density at radius 1 is 1.56 bits per heavy atom. The van der Waals surface area contributed by atoms with Gasteiger partial charge in [0.05, 0.1) is 12.8 Å². The van der Waals surface area contributed by atoms with Gasteiger partial charge in [-0.05, 0) is 26.7 Å². The first-order valence-corrected chi connectivity index (χ1v) is 6.08. The Kier molecular flexibility index (Phi) is 3.61. The zero-order valence-corrected chi connectivity index (χ0v) is 10.1. The zero-order valence-electron chi connectivity index (χ0n) is 10.1. The van der Waals surface area contributed by atoms with Gasteiger partial charge in [0, 0.05) is 36.9 Å². The molecule has 4 nitrogen and oxygen atoms in total. The van der Waals surface area contributed by atoms with E-state index in [0.29, 0.717) is 12.1 Å². The highest BCUT2D eigenvalue weighted by Gasteiger charge is 2.28. The third kappa shape index (κ3) is 2.83. The topological polar surface area (TPSA) is 41.3 Å². The number of hydrogen-bond donors (Lipinski definition) is 1.